The molecule has 1 aliphatic heterocycles. The van der Waals surface area contributed by atoms with Crippen molar-refractivity contribution in [3.05, 3.63) is 34.3 Å². The molecule has 31 heavy (non-hydrogen) atoms. The third-order valence-electron chi connectivity index (χ3n) is 3.62. The molecular formula is C14H4BrF13N2O. The second-order valence-electron chi connectivity index (χ2n) is 5.76. The molecule has 17 heteroatoms. The van der Waals surface area contributed by atoms with Gasteiger partial charge >= 0.3 is 36.0 Å². The minimum Gasteiger partial charge on any atom is -0.418 e. The van der Waals surface area contributed by atoms with E-state index in [1.165, 1.54) is 4.99 Å². The van der Waals surface area contributed by atoms with Crippen LogP contribution in [0.3, 0.4) is 0 Å². The summed E-state index contributed by atoms with van der Waals surface area (Å²) in [6, 6.07) is 3.25. The predicted octanol–water partition coefficient (Wildman–Crippen LogP) is 6.28. The van der Waals surface area contributed by atoms with Gasteiger partial charge in [0, 0.05) is 10.0 Å². The number of hydrogen-bond acceptors (Lipinski definition) is 3. The van der Waals surface area contributed by atoms with Crippen molar-refractivity contribution < 1.29 is 61.8 Å². The molecule has 0 N–H and O–H groups in total. The maximum Gasteiger partial charge on any atom is 0.460 e. The standard InChI is InChI=1S/C14H4BrF13N2O/c15-6-3-1-5(2-4-6)7-29-11(13(23,24)25,14(26,27)28)30-8(31-7)9(16,17)10(18,19)12(20,21)22/h1-4H. The van der Waals surface area contributed by atoms with Crippen LogP contribution in [0, 0.1) is 0 Å². The second-order valence-corrected chi connectivity index (χ2v) is 6.67. The molecule has 0 fully saturated rings. The first-order valence-electron chi connectivity index (χ1n) is 7.27. The van der Waals surface area contributed by atoms with Gasteiger partial charge in [-0.25, -0.2) is 9.98 Å². The van der Waals surface area contributed by atoms with Crippen LogP contribution < -0.4 is 0 Å². The summed E-state index contributed by atoms with van der Waals surface area (Å²) in [5, 5.41) is 0. The average Bonchev–Trinajstić information content (AvgIpc) is 2.58. The molecule has 0 saturated carbocycles. The van der Waals surface area contributed by atoms with Crippen molar-refractivity contribution in [3.63, 3.8) is 0 Å². The number of halogens is 14. The van der Waals surface area contributed by atoms with E-state index in [2.05, 4.69) is 25.7 Å². The van der Waals surface area contributed by atoms with E-state index in [1.807, 2.05) is 0 Å². The zero-order valence-corrected chi connectivity index (χ0v) is 15.5. The van der Waals surface area contributed by atoms with Crippen molar-refractivity contribution in [1.29, 1.82) is 0 Å². The Morgan fingerprint density at radius 2 is 1.16 bits per heavy atom. The van der Waals surface area contributed by atoms with E-state index >= 15 is 0 Å². The maximum atomic E-state index is 13.9. The molecule has 0 unspecified atom stereocenters. The summed E-state index contributed by atoms with van der Waals surface area (Å²) in [6.45, 7) is 0. The monoisotopic (exact) mass is 542 g/mol. The van der Waals surface area contributed by atoms with Crippen LogP contribution in [0.1, 0.15) is 5.56 Å². The first kappa shape index (κ1) is 25.2. The number of alkyl halides is 13. The Kier molecular flexibility index (Phi) is 5.88. The molecule has 0 spiro atoms. The van der Waals surface area contributed by atoms with E-state index < -0.39 is 53.4 Å². The molecule has 2 rings (SSSR count). The van der Waals surface area contributed by atoms with Gasteiger partial charge in [0.15, 0.2) is 0 Å². The molecule has 0 amide bonds. The molecule has 0 aliphatic carbocycles. The van der Waals surface area contributed by atoms with Crippen LogP contribution in [0.15, 0.2) is 38.7 Å². The predicted molar refractivity (Wildman–Crippen MR) is 80.0 cm³/mol. The number of ether oxygens (including phenoxy) is 1. The highest BCUT2D eigenvalue weighted by atomic mass is 79.9. The van der Waals surface area contributed by atoms with Crippen molar-refractivity contribution in [3.8, 4) is 0 Å². The molecule has 1 heterocycles. The Labute approximate surface area is 170 Å². The first-order chi connectivity index (χ1) is 13.7. The van der Waals surface area contributed by atoms with Crippen molar-refractivity contribution in [2.45, 2.75) is 36.0 Å². The van der Waals surface area contributed by atoms with Gasteiger partial charge in [0.05, 0.1) is 0 Å². The van der Waals surface area contributed by atoms with Gasteiger partial charge in [0.2, 0.25) is 5.90 Å². The number of nitrogens with zero attached hydrogens (tertiary/aromatic N) is 2. The fourth-order valence-corrected chi connectivity index (χ4v) is 2.30. The van der Waals surface area contributed by atoms with Gasteiger partial charge in [-0.2, -0.15) is 57.1 Å². The molecule has 3 nitrogen and oxygen atoms in total. The molecule has 174 valence electrons. The number of hydrogen-bond donors (Lipinski definition) is 0. The van der Waals surface area contributed by atoms with E-state index in [1.54, 1.807) is 0 Å². The molecule has 0 radical (unpaired) electrons. The summed E-state index contributed by atoms with van der Waals surface area (Å²) in [7, 11) is 0. The SMILES string of the molecule is FC(F)(F)C(F)(F)C(F)(F)C1=NC(C(F)(F)F)(C(F)(F)F)N=C(c2ccc(Br)cc2)O1. The van der Waals surface area contributed by atoms with Crippen LogP contribution >= 0.6 is 15.9 Å². The highest BCUT2D eigenvalue weighted by molar-refractivity contribution is 9.10. The lowest BCUT2D eigenvalue weighted by molar-refractivity contribution is -0.339. The summed E-state index contributed by atoms with van der Waals surface area (Å²) < 4.78 is 175. The molecule has 1 aromatic rings. The van der Waals surface area contributed by atoms with Crippen molar-refractivity contribution >= 4 is 27.7 Å². The zero-order valence-electron chi connectivity index (χ0n) is 13.9. The van der Waals surface area contributed by atoms with Gasteiger partial charge in [0.25, 0.3) is 5.90 Å². The lowest BCUT2D eigenvalue weighted by Crippen LogP contribution is -2.62. The normalized spacial score (nSPS) is 18.3. The Balaban J connectivity index is 2.84. The number of benzene rings is 1. The van der Waals surface area contributed by atoms with Crippen LogP contribution in [-0.4, -0.2) is 47.8 Å². The summed E-state index contributed by atoms with van der Waals surface area (Å²) in [5.74, 6) is -19.4. The fourth-order valence-electron chi connectivity index (χ4n) is 2.03. The number of aliphatic imine (C=N–C) groups is 2. The van der Waals surface area contributed by atoms with Crippen LogP contribution in [0.2, 0.25) is 0 Å². The van der Waals surface area contributed by atoms with Gasteiger partial charge in [-0.3, -0.25) is 0 Å². The highest BCUT2D eigenvalue weighted by Gasteiger charge is 2.79. The topological polar surface area (TPSA) is 34.0 Å². The van der Waals surface area contributed by atoms with Crippen molar-refractivity contribution in [2.75, 3.05) is 0 Å². The van der Waals surface area contributed by atoms with E-state index in [0.717, 1.165) is 12.1 Å². The second kappa shape index (κ2) is 7.23. The van der Waals surface area contributed by atoms with E-state index in [9.17, 15) is 57.1 Å². The lowest BCUT2D eigenvalue weighted by atomic mass is 10.1. The highest BCUT2D eigenvalue weighted by Crippen LogP contribution is 2.52. The van der Waals surface area contributed by atoms with E-state index in [4.69, 9.17) is 0 Å². The molecule has 0 saturated heterocycles. The third kappa shape index (κ3) is 4.07. The number of rotatable bonds is 3. The smallest absolute Gasteiger partial charge is 0.418 e. The quantitative estimate of drug-likeness (QED) is 0.414. The zero-order chi connectivity index (χ0) is 24.3. The first-order valence-corrected chi connectivity index (χ1v) is 8.06. The molecule has 1 aromatic carbocycles. The van der Waals surface area contributed by atoms with Crippen LogP contribution in [0.5, 0.6) is 0 Å². The van der Waals surface area contributed by atoms with Crippen LogP contribution in [-0.2, 0) is 4.74 Å². The Bertz CT molecular complexity index is 883. The average molecular weight is 543 g/mol. The third-order valence-corrected chi connectivity index (χ3v) is 4.15. The summed E-state index contributed by atoms with van der Waals surface area (Å²) >= 11 is 2.84. The van der Waals surface area contributed by atoms with Crippen molar-refractivity contribution in [2.24, 2.45) is 9.98 Å². The Morgan fingerprint density at radius 3 is 1.55 bits per heavy atom. The van der Waals surface area contributed by atoms with E-state index in [-0.39, 0.29) is 4.47 Å². The van der Waals surface area contributed by atoms with Gasteiger partial charge in [0.1, 0.15) is 0 Å². The van der Waals surface area contributed by atoms with Gasteiger partial charge < -0.3 is 4.74 Å². The van der Waals surface area contributed by atoms with Crippen LogP contribution in [0.4, 0.5) is 57.1 Å². The molecule has 1 aliphatic rings. The largest absolute Gasteiger partial charge is 0.460 e. The minimum absolute atomic E-state index is 0.174. The molecule has 0 atom stereocenters. The van der Waals surface area contributed by atoms with E-state index in [0.29, 0.717) is 12.1 Å². The lowest BCUT2D eigenvalue weighted by Gasteiger charge is -2.36. The van der Waals surface area contributed by atoms with Crippen molar-refractivity contribution in [1.82, 2.24) is 0 Å². The summed E-state index contributed by atoms with van der Waals surface area (Å²) in [6.07, 6.45) is -20.5. The molecule has 0 aromatic heterocycles. The molecular weight excluding hydrogens is 539 g/mol. The van der Waals surface area contributed by atoms with Gasteiger partial charge in [-0.15, -0.1) is 0 Å². The Morgan fingerprint density at radius 1 is 0.710 bits per heavy atom. The fraction of sp³-hybridized carbons (Fsp3) is 0.429. The molecule has 0 bridgehead atoms. The van der Waals surface area contributed by atoms with Gasteiger partial charge in [-0.1, -0.05) is 15.9 Å². The van der Waals surface area contributed by atoms with Gasteiger partial charge in [-0.05, 0) is 24.3 Å². The summed E-state index contributed by atoms with van der Waals surface area (Å²) in [4.78, 5) is 3.56. The summed E-state index contributed by atoms with van der Waals surface area (Å²) in [5.41, 5.74) is -6.74. The Hall–Kier alpha value is -2.07. The van der Waals surface area contributed by atoms with Crippen LogP contribution in [0.25, 0.3) is 0 Å². The maximum absolute atomic E-state index is 13.9. The minimum atomic E-state index is -7.15.